The van der Waals surface area contributed by atoms with Gasteiger partial charge in [-0.05, 0) is 29.8 Å². The second-order valence-corrected chi connectivity index (χ2v) is 5.34. The number of benzene rings is 1. The molecule has 0 bridgehead atoms. The number of pyridine rings is 1. The minimum Gasteiger partial charge on any atom is -0.364 e. The van der Waals surface area contributed by atoms with E-state index in [0.717, 1.165) is 10.8 Å². The van der Waals surface area contributed by atoms with Crippen LogP contribution in [0.25, 0.3) is 12.4 Å². The van der Waals surface area contributed by atoms with E-state index in [4.69, 9.17) is 28.0 Å². The first-order valence-electron chi connectivity index (χ1n) is 6.21. The smallest absolute Gasteiger partial charge is 0.228 e. The predicted octanol–water partition coefficient (Wildman–Crippen LogP) is 2.04. The molecule has 1 N–H and O–H groups in total. The number of halogens is 2. The Morgan fingerprint density at radius 2 is 2.00 bits per heavy atom. The van der Waals surface area contributed by atoms with Crippen LogP contribution in [0.2, 0.25) is 10.0 Å². The summed E-state index contributed by atoms with van der Waals surface area (Å²) in [6.07, 6.45) is 2.22. The summed E-state index contributed by atoms with van der Waals surface area (Å²) in [6, 6.07) is 9.14. The van der Waals surface area contributed by atoms with Crippen molar-refractivity contribution in [3.8, 4) is 0 Å². The normalized spacial score (nSPS) is 16.2. The second kappa shape index (κ2) is 5.76. The highest BCUT2D eigenvalue weighted by molar-refractivity contribution is 6.42. The fourth-order valence-electron chi connectivity index (χ4n) is 1.87. The van der Waals surface area contributed by atoms with E-state index in [9.17, 15) is 0 Å². The maximum atomic E-state index is 5.99. The molecular formula is C15H11Cl2N3O. The van der Waals surface area contributed by atoms with Crippen LogP contribution in [0, 0.1) is 0 Å². The average Bonchev–Trinajstić information content (AvgIpc) is 2.92. The summed E-state index contributed by atoms with van der Waals surface area (Å²) in [6.45, 7) is 3.74. The lowest BCUT2D eigenvalue weighted by Crippen LogP contribution is -2.18. The fraction of sp³-hybridized carbons (Fsp3) is 0.0667. The molecule has 0 saturated carbocycles. The van der Waals surface area contributed by atoms with Gasteiger partial charge in [-0.1, -0.05) is 35.8 Å². The monoisotopic (exact) mass is 319 g/mol. The zero-order valence-electron chi connectivity index (χ0n) is 10.9. The molecule has 0 saturated heterocycles. The third kappa shape index (κ3) is 3.17. The highest BCUT2D eigenvalue weighted by Crippen LogP contribution is 2.23. The molecule has 0 radical (unpaired) electrons. The number of rotatable bonds is 2. The van der Waals surface area contributed by atoms with Crippen LogP contribution in [0.4, 0.5) is 0 Å². The molecule has 6 heteroatoms. The molecule has 2 heterocycles. The van der Waals surface area contributed by atoms with Gasteiger partial charge in [0.1, 0.15) is 0 Å². The van der Waals surface area contributed by atoms with E-state index in [0.29, 0.717) is 33.5 Å². The van der Waals surface area contributed by atoms with Gasteiger partial charge in [0.25, 0.3) is 0 Å². The van der Waals surface area contributed by atoms with Crippen molar-refractivity contribution in [1.82, 2.24) is 10.5 Å². The standard InChI is InChI=1S/C15H11Cl2N3O/c1-9-2-4-11(8-18-9)15-19-14(21-20-15)7-10-3-5-12(16)13(17)6-10/h2-6,8,20H,1,7H2. The number of nitrogens with one attached hydrogen (secondary N) is 1. The van der Waals surface area contributed by atoms with E-state index >= 15 is 0 Å². The van der Waals surface area contributed by atoms with Crippen LogP contribution in [0.5, 0.6) is 0 Å². The van der Waals surface area contributed by atoms with Gasteiger partial charge < -0.3 is 4.84 Å². The molecule has 0 spiro atoms. The molecule has 0 atom stereocenters. The van der Waals surface area contributed by atoms with Crippen LogP contribution < -0.4 is 16.0 Å². The summed E-state index contributed by atoms with van der Waals surface area (Å²) in [5.41, 5.74) is 3.75. The van der Waals surface area contributed by atoms with Crippen molar-refractivity contribution >= 4 is 41.5 Å². The number of nitrogens with zero attached hydrogens (tertiary/aromatic N) is 2. The molecule has 21 heavy (non-hydrogen) atoms. The third-order valence-electron chi connectivity index (χ3n) is 2.94. The zero-order valence-corrected chi connectivity index (χ0v) is 12.4. The molecule has 3 rings (SSSR count). The lowest BCUT2D eigenvalue weighted by Gasteiger charge is -2.02. The molecule has 0 aliphatic carbocycles. The van der Waals surface area contributed by atoms with Crippen molar-refractivity contribution in [3.63, 3.8) is 0 Å². The van der Waals surface area contributed by atoms with Crippen molar-refractivity contribution in [2.45, 2.75) is 6.42 Å². The van der Waals surface area contributed by atoms with E-state index in [1.54, 1.807) is 18.3 Å². The average molecular weight is 320 g/mol. The highest BCUT2D eigenvalue weighted by atomic mass is 35.5. The Labute approximate surface area is 131 Å². The van der Waals surface area contributed by atoms with E-state index in [-0.39, 0.29) is 0 Å². The van der Waals surface area contributed by atoms with E-state index in [1.165, 1.54) is 0 Å². The number of aromatic nitrogens is 1. The SMILES string of the molecule is C=c1ccc(=C2N=C(Cc3ccc(Cl)c(Cl)c3)ON2)cn1. The first-order valence-corrected chi connectivity index (χ1v) is 6.97. The Hall–Kier alpha value is -2.04. The van der Waals surface area contributed by atoms with Crippen molar-refractivity contribution in [2.75, 3.05) is 0 Å². The molecule has 106 valence electrons. The van der Waals surface area contributed by atoms with Gasteiger partial charge in [-0.3, -0.25) is 4.98 Å². The molecule has 1 aliphatic rings. The van der Waals surface area contributed by atoms with Crippen molar-refractivity contribution in [3.05, 3.63) is 62.7 Å². The van der Waals surface area contributed by atoms with Crippen LogP contribution in [0.15, 0.2) is 41.5 Å². The molecule has 0 amide bonds. The lowest BCUT2D eigenvalue weighted by atomic mass is 10.1. The molecule has 1 aromatic carbocycles. The van der Waals surface area contributed by atoms with Gasteiger partial charge in [-0.15, -0.1) is 0 Å². The van der Waals surface area contributed by atoms with Crippen LogP contribution in [0.1, 0.15) is 5.56 Å². The minimum atomic E-state index is 0.514. The van der Waals surface area contributed by atoms with Crippen molar-refractivity contribution in [2.24, 2.45) is 4.99 Å². The number of aliphatic imine (C=N–C) groups is 1. The van der Waals surface area contributed by atoms with Crippen molar-refractivity contribution in [1.29, 1.82) is 0 Å². The third-order valence-corrected chi connectivity index (χ3v) is 3.68. The van der Waals surface area contributed by atoms with Crippen LogP contribution >= 0.6 is 23.2 Å². The lowest BCUT2D eigenvalue weighted by molar-refractivity contribution is 0.248. The maximum Gasteiger partial charge on any atom is 0.228 e. The fourth-order valence-corrected chi connectivity index (χ4v) is 2.19. The quantitative estimate of drug-likeness (QED) is 0.921. The summed E-state index contributed by atoms with van der Waals surface area (Å²) in [5.74, 6) is 1.18. The number of hydroxylamine groups is 1. The van der Waals surface area contributed by atoms with Gasteiger partial charge in [0.2, 0.25) is 5.90 Å². The van der Waals surface area contributed by atoms with E-state index < -0.39 is 0 Å². The minimum absolute atomic E-state index is 0.514. The largest absolute Gasteiger partial charge is 0.364 e. The molecule has 0 fully saturated rings. The first kappa shape index (κ1) is 13.9. The summed E-state index contributed by atoms with van der Waals surface area (Å²) < 4.78 is 0. The van der Waals surface area contributed by atoms with Gasteiger partial charge >= 0.3 is 0 Å². The second-order valence-electron chi connectivity index (χ2n) is 4.52. The Morgan fingerprint density at radius 3 is 2.71 bits per heavy atom. The Kier molecular flexibility index (Phi) is 3.82. The van der Waals surface area contributed by atoms with Gasteiger partial charge in [-0.2, -0.15) is 4.99 Å². The summed E-state index contributed by atoms with van der Waals surface area (Å²) >= 11 is 11.9. The Morgan fingerprint density at radius 1 is 1.14 bits per heavy atom. The van der Waals surface area contributed by atoms with Crippen LogP contribution in [-0.4, -0.2) is 10.9 Å². The maximum absolute atomic E-state index is 5.99. The summed E-state index contributed by atoms with van der Waals surface area (Å²) in [7, 11) is 0. The van der Waals surface area contributed by atoms with Crippen LogP contribution in [-0.2, 0) is 11.3 Å². The molecule has 1 aromatic heterocycles. The highest BCUT2D eigenvalue weighted by Gasteiger charge is 2.14. The topological polar surface area (TPSA) is 46.5 Å². The van der Waals surface area contributed by atoms with Crippen LogP contribution in [0.3, 0.4) is 0 Å². The summed E-state index contributed by atoms with van der Waals surface area (Å²) in [5, 5.41) is 2.59. The first-order chi connectivity index (χ1) is 10.1. The molecule has 0 unspecified atom stereocenters. The zero-order chi connectivity index (χ0) is 14.8. The predicted molar refractivity (Wildman–Crippen MR) is 84.2 cm³/mol. The Balaban J connectivity index is 1.86. The van der Waals surface area contributed by atoms with Gasteiger partial charge in [0.05, 0.1) is 21.8 Å². The number of hydrogen-bond acceptors (Lipinski definition) is 4. The van der Waals surface area contributed by atoms with Gasteiger partial charge in [0.15, 0.2) is 5.82 Å². The van der Waals surface area contributed by atoms with E-state index in [1.807, 2.05) is 18.2 Å². The molecule has 4 nitrogen and oxygen atoms in total. The summed E-state index contributed by atoms with van der Waals surface area (Å²) in [4.78, 5) is 13.9. The van der Waals surface area contributed by atoms with Gasteiger partial charge in [-0.25, -0.2) is 5.48 Å². The molecule has 1 aliphatic heterocycles. The number of hydrogen-bond donors (Lipinski definition) is 1. The van der Waals surface area contributed by atoms with Crippen molar-refractivity contribution < 1.29 is 4.84 Å². The Bertz CT molecular complexity index is 810. The molecule has 2 aromatic rings. The van der Waals surface area contributed by atoms with Gasteiger partial charge in [0, 0.05) is 11.4 Å². The van der Waals surface area contributed by atoms with E-state index in [2.05, 4.69) is 22.0 Å². The molecular weight excluding hydrogens is 309 g/mol.